The maximum atomic E-state index is 12.2. The van der Waals surface area contributed by atoms with Gasteiger partial charge in [-0.15, -0.1) is 0 Å². The number of hydrogen-bond acceptors (Lipinski definition) is 3. The Morgan fingerprint density at radius 1 is 1.17 bits per heavy atom. The van der Waals surface area contributed by atoms with E-state index in [1.165, 1.54) is 0 Å². The maximum Gasteiger partial charge on any atom is 0.236 e. The van der Waals surface area contributed by atoms with Crippen LogP contribution >= 0.6 is 0 Å². The highest BCUT2D eigenvalue weighted by molar-refractivity contribution is 5.78. The van der Waals surface area contributed by atoms with Gasteiger partial charge in [0.1, 0.15) is 0 Å². The first kappa shape index (κ1) is 15.4. The zero-order valence-corrected chi connectivity index (χ0v) is 12.3. The lowest BCUT2D eigenvalue weighted by Gasteiger charge is -2.36. The number of hydrogen-bond donors (Lipinski definition) is 0. The van der Waals surface area contributed by atoms with Gasteiger partial charge in [0.2, 0.25) is 5.91 Å². The molecule has 1 saturated heterocycles. The van der Waals surface area contributed by atoms with E-state index in [4.69, 9.17) is 4.74 Å². The second-order valence-electron chi connectivity index (χ2n) is 5.33. The van der Waals surface area contributed by atoms with E-state index in [0.29, 0.717) is 6.54 Å². The van der Waals surface area contributed by atoms with E-state index < -0.39 is 0 Å². The molecule has 0 aromatic carbocycles. The zero-order valence-electron chi connectivity index (χ0n) is 12.3. The highest BCUT2D eigenvalue weighted by atomic mass is 16.5. The third-order valence-corrected chi connectivity index (χ3v) is 3.19. The Hall–Kier alpha value is -0.610. The molecule has 2 unspecified atom stereocenters. The van der Waals surface area contributed by atoms with E-state index >= 15 is 0 Å². The first-order valence-electron chi connectivity index (χ1n) is 7.22. The van der Waals surface area contributed by atoms with Crippen LogP contribution in [0.4, 0.5) is 0 Å². The van der Waals surface area contributed by atoms with E-state index in [2.05, 4.69) is 32.6 Å². The van der Waals surface area contributed by atoms with E-state index in [9.17, 15) is 4.79 Å². The highest BCUT2D eigenvalue weighted by Gasteiger charge is 2.25. The molecule has 106 valence electrons. The van der Waals surface area contributed by atoms with Gasteiger partial charge in [-0.05, 0) is 26.7 Å². The van der Waals surface area contributed by atoms with Crippen molar-refractivity contribution in [3.8, 4) is 0 Å². The summed E-state index contributed by atoms with van der Waals surface area (Å²) in [4.78, 5) is 16.5. The maximum absolute atomic E-state index is 12.2. The van der Waals surface area contributed by atoms with Crippen LogP contribution < -0.4 is 0 Å². The molecule has 0 spiro atoms. The average Bonchev–Trinajstić information content (AvgIpc) is 2.27. The first-order chi connectivity index (χ1) is 8.56. The predicted molar refractivity (Wildman–Crippen MR) is 73.6 cm³/mol. The SMILES string of the molecule is CCCN(CCC)C(=O)CN1CC(C)OC(C)C1. The van der Waals surface area contributed by atoms with Crippen LogP contribution in [-0.2, 0) is 9.53 Å². The van der Waals surface area contributed by atoms with Gasteiger partial charge in [-0.1, -0.05) is 13.8 Å². The van der Waals surface area contributed by atoms with Gasteiger partial charge in [-0.2, -0.15) is 0 Å². The summed E-state index contributed by atoms with van der Waals surface area (Å²) in [5, 5.41) is 0. The Kier molecular flexibility index (Phi) is 6.65. The summed E-state index contributed by atoms with van der Waals surface area (Å²) < 4.78 is 5.69. The predicted octanol–water partition coefficient (Wildman–Crippen LogP) is 1.74. The second kappa shape index (κ2) is 7.74. The van der Waals surface area contributed by atoms with E-state index in [0.717, 1.165) is 39.0 Å². The summed E-state index contributed by atoms with van der Waals surface area (Å²) in [7, 11) is 0. The number of nitrogens with zero attached hydrogens (tertiary/aromatic N) is 2. The molecule has 0 N–H and O–H groups in total. The molecule has 0 radical (unpaired) electrons. The molecule has 1 aliphatic rings. The van der Waals surface area contributed by atoms with Crippen LogP contribution in [0.25, 0.3) is 0 Å². The van der Waals surface area contributed by atoms with Gasteiger partial charge in [0.15, 0.2) is 0 Å². The Labute approximate surface area is 111 Å². The van der Waals surface area contributed by atoms with Crippen molar-refractivity contribution < 1.29 is 9.53 Å². The largest absolute Gasteiger partial charge is 0.373 e. The van der Waals surface area contributed by atoms with Crippen molar-refractivity contribution in [2.24, 2.45) is 0 Å². The monoisotopic (exact) mass is 256 g/mol. The third kappa shape index (κ3) is 4.94. The molecule has 18 heavy (non-hydrogen) atoms. The molecule has 2 atom stereocenters. The molecule has 1 rings (SSSR count). The van der Waals surface area contributed by atoms with Gasteiger partial charge in [0.05, 0.1) is 18.8 Å². The summed E-state index contributed by atoms with van der Waals surface area (Å²) in [6.07, 6.45) is 2.52. The summed E-state index contributed by atoms with van der Waals surface area (Å²) in [6, 6.07) is 0. The van der Waals surface area contributed by atoms with Crippen LogP contribution in [0.1, 0.15) is 40.5 Å². The molecule has 1 heterocycles. The fraction of sp³-hybridized carbons (Fsp3) is 0.929. The van der Waals surface area contributed by atoms with Crippen molar-refractivity contribution in [1.82, 2.24) is 9.80 Å². The van der Waals surface area contributed by atoms with Gasteiger partial charge < -0.3 is 9.64 Å². The van der Waals surface area contributed by atoms with Crippen LogP contribution in [0.2, 0.25) is 0 Å². The molecular weight excluding hydrogens is 228 g/mol. The number of morpholine rings is 1. The van der Waals surface area contributed by atoms with E-state index in [1.54, 1.807) is 0 Å². The molecule has 4 nitrogen and oxygen atoms in total. The van der Waals surface area contributed by atoms with Crippen molar-refractivity contribution in [3.05, 3.63) is 0 Å². The van der Waals surface area contributed by atoms with Gasteiger partial charge >= 0.3 is 0 Å². The van der Waals surface area contributed by atoms with Gasteiger partial charge in [-0.3, -0.25) is 9.69 Å². The number of carbonyl (C=O) groups is 1. The Morgan fingerprint density at radius 2 is 1.67 bits per heavy atom. The quantitative estimate of drug-likeness (QED) is 0.726. The lowest BCUT2D eigenvalue weighted by molar-refractivity contribution is -0.136. The molecule has 0 aromatic heterocycles. The van der Waals surface area contributed by atoms with Crippen LogP contribution in [0, 0.1) is 0 Å². The Balaban J connectivity index is 2.46. The topological polar surface area (TPSA) is 32.8 Å². The van der Waals surface area contributed by atoms with E-state index in [-0.39, 0.29) is 18.1 Å². The third-order valence-electron chi connectivity index (χ3n) is 3.19. The minimum absolute atomic E-state index is 0.229. The molecule has 0 saturated carbocycles. The van der Waals surface area contributed by atoms with Crippen molar-refractivity contribution >= 4 is 5.91 Å². The molecule has 4 heteroatoms. The molecule has 0 aliphatic carbocycles. The summed E-state index contributed by atoms with van der Waals surface area (Å²) >= 11 is 0. The molecule has 1 aliphatic heterocycles. The minimum atomic E-state index is 0.229. The smallest absolute Gasteiger partial charge is 0.236 e. The minimum Gasteiger partial charge on any atom is -0.373 e. The van der Waals surface area contributed by atoms with Gasteiger partial charge in [-0.25, -0.2) is 0 Å². The normalized spacial score (nSPS) is 25.1. The number of rotatable bonds is 6. The van der Waals surface area contributed by atoms with Crippen LogP contribution in [0.3, 0.4) is 0 Å². The van der Waals surface area contributed by atoms with Crippen LogP contribution in [0.5, 0.6) is 0 Å². The average molecular weight is 256 g/mol. The standard InChI is InChI=1S/C14H28N2O2/c1-5-7-16(8-6-2)14(17)11-15-9-12(3)18-13(4)10-15/h12-13H,5-11H2,1-4H3. The lowest BCUT2D eigenvalue weighted by Crippen LogP contribution is -2.50. The zero-order chi connectivity index (χ0) is 13.5. The molecule has 1 fully saturated rings. The van der Waals surface area contributed by atoms with E-state index in [1.807, 2.05) is 4.90 Å². The summed E-state index contributed by atoms with van der Waals surface area (Å²) in [6.45, 7) is 12.4. The molecule has 1 amide bonds. The van der Waals surface area contributed by atoms with Crippen molar-refractivity contribution in [2.45, 2.75) is 52.7 Å². The number of ether oxygens (including phenoxy) is 1. The van der Waals surface area contributed by atoms with Crippen molar-refractivity contribution in [2.75, 3.05) is 32.7 Å². The lowest BCUT2D eigenvalue weighted by atomic mass is 10.2. The van der Waals surface area contributed by atoms with Crippen molar-refractivity contribution in [1.29, 1.82) is 0 Å². The van der Waals surface area contributed by atoms with Gasteiger partial charge in [0.25, 0.3) is 0 Å². The molecule has 0 bridgehead atoms. The van der Waals surface area contributed by atoms with Crippen LogP contribution in [0.15, 0.2) is 0 Å². The Bertz CT molecular complexity index is 242. The Morgan fingerprint density at radius 3 is 2.11 bits per heavy atom. The fourth-order valence-electron chi connectivity index (χ4n) is 2.61. The number of carbonyl (C=O) groups excluding carboxylic acids is 1. The van der Waals surface area contributed by atoms with Crippen LogP contribution in [-0.4, -0.2) is 60.6 Å². The molecular formula is C14H28N2O2. The fourth-order valence-corrected chi connectivity index (χ4v) is 2.61. The number of amides is 1. The second-order valence-corrected chi connectivity index (χ2v) is 5.33. The molecule has 0 aromatic rings. The highest BCUT2D eigenvalue weighted by Crippen LogP contribution is 2.10. The summed E-state index contributed by atoms with van der Waals surface area (Å²) in [5.74, 6) is 0.264. The first-order valence-corrected chi connectivity index (χ1v) is 7.22. The van der Waals surface area contributed by atoms with Gasteiger partial charge in [0, 0.05) is 26.2 Å². The summed E-state index contributed by atoms with van der Waals surface area (Å²) in [5.41, 5.74) is 0. The van der Waals surface area contributed by atoms with Crippen molar-refractivity contribution in [3.63, 3.8) is 0 Å².